The van der Waals surface area contributed by atoms with Crippen LogP contribution in [0.5, 0.6) is 0 Å². The van der Waals surface area contributed by atoms with Gasteiger partial charge >= 0.3 is 18.0 Å². The second-order valence-corrected chi connectivity index (χ2v) is 12.3. The SMILES string of the molecule is CC(C)(I)Cn1c(-c2ccc(Cl)cc2)nn(CC(=O)NC(COC([NH3+])=O)c2ccccc2C(F)(F)F)c1=O. The molecule has 2 aromatic carbocycles. The zero-order chi connectivity index (χ0) is 28.3. The van der Waals surface area contributed by atoms with Crippen molar-refractivity contribution in [3.8, 4) is 11.4 Å². The summed E-state index contributed by atoms with van der Waals surface area (Å²) >= 11 is 8.16. The molecule has 3 aromatic rings. The van der Waals surface area contributed by atoms with Crippen molar-refractivity contribution in [1.29, 1.82) is 0 Å². The maximum atomic E-state index is 13.6. The number of halogens is 5. The van der Waals surface area contributed by atoms with Crippen molar-refractivity contribution in [2.45, 2.75) is 42.6 Å². The molecule has 3 rings (SSSR count). The minimum Gasteiger partial charge on any atom is -0.418 e. The molecule has 0 saturated carbocycles. The molecule has 1 atom stereocenters. The number of amides is 2. The van der Waals surface area contributed by atoms with E-state index in [0.717, 1.165) is 10.7 Å². The van der Waals surface area contributed by atoms with Crippen molar-refractivity contribution < 1.29 is 33.2 Å². The Kier molecular flexibility index (Phi) is 9.26. The third kappa shape index (κ3) is 7.80. The van der Waals surface area contributed by atoms with Gasteiger partial charge < -0.3 is 10.1 Å². The Morgan fingerprint density at radius 2 is 1.79 bits per heavy atom. The van der Waals surface area contributed by atoms with Crippen LogP contribution in [0, 0.1) is 0 Å². The zero-order valence-electron chi connectivity index (χ0n) is 20.4. The first-order valence-electron chi connectivity index (χ1n) is 11.2. The van der Waals surface area contributed by atoms with E-state index < -0.39 is 48.6 Å². The molecule has 0 saturated heterocycles. The molecule has 4 N–H and O–H groups in total. The number of quaternary nitrogens is 1. The van der Waals surface area contributed by atoms with E-state index in [4.69, 9.17) is 16.3 Å². The maximum absolute atomic E-state index is 13.6. The second-order valence-electron chi connectivity index (χ2n) is 8.96. The van der Waals surface area contributed by atoms with E-state index >= 15 is 0 Å². The molecular formula is C24H25ClF3IN5O4+. The summed E-state index contributed by atoms with van der Waals surface area (Å²) in [5.41, 5.74) is 1.75. The van der Waals surface area contributed by atoms with Gasteiger partial charge in [0.1, 0.15) is 13.2 Å². The summed E-state index contributed by atoms with van der Waals surface area (Å²) in [6.45, 7) is 2.93. The van der Waals surface area contributed by atoms with Gasteiger partial charge in [0, 0.05) is 20.6 Å². The number of carbonyl (C=O) groups excluding carboxylic acids is 2. The lowest BCUT2D eigenvalue weighted by atomic mass is 10.00. The molecule has 9 nitrogen and oxygen atoms in total. The Bertz CT molecular complexity index is 1370. The number of alkyl halides is 4. The quantitative estimate of drug-likeness (QED) is 0.266. The highest BCUT2D eigenvalue weighted by Gasteiger charge is 2.36. The van der Waals surface area contributed by atoms with Crippen LogP contribution in [0.4, 0.5) is 18.0 Å². The lowest BCUT2D eigenvalue weighted by molar-refractivity contribution is -0.283. The minimum atomic E-state index is -4.72. The zero-order valence-corrected chi connectivity index (χ0v) is 23.3. The lowest BCUT2D eigenvalue weighted by Crippen LogP contribution is -2.57. The first kappa shape index (κ1) is 29.6. The predicted octanol–water partition coefficient (Wildman–Crippen LogP) is 3.83. The van der Waals surface area contributed by atoms with Gasteiger partial charge in [0.15, 0.2) is 5.82 Å². The third-order valence-corrected chi connectivity index (χ3v) is 5.83. The van der Waals surface area contributed by atoms with E-state index in [2.05, 4.69) is 38.7 Å². The molecule has 0 fully saturated rings. The fourth-order valence-electron chi connectivity index (χ4n) is 3.70. The highest BCUT2D eigenvalue weighted by atomic mass is 127. The molecule has 0 radical (unpaired) electrons. The molecule has 0 bridgehead atoms. The molecule has 1 unspecified atom stereocenters. The van der Waals surface area contributed by atoms with Gasteiger partial charge in [0.2, 0.25) is 5.91 Å². The van der Waals surface area contributed by atoms with Crippen LogP contribution in [0.2, 0.25) is 5.02 Å². The first-order chi connectivity index (χ1) is 17.7. The van der Waals surface area contributed by atoms with E-state index in [1.54, 1.807) is 24.3 Å². The Hall–Kier alpha value is -2.91. The first-order valence-corrected chi connectivity index (χ1v) is 12.7. The van der Waals surface area contributed by atoms with Crippen LogP contribution < -0.4 is 16.7 Å². The lowest BCUT2D eigenvalue weighted by Gasteiger charge is -2.22. The molecule has 2 amide bonds. The molecule has 1 heterocycles. The summed E-state index contributed by atoms with van der Waals surface area (Å²) in [6, 6.07) is 9.89. The van der Waals surface area contributed by atoms with E-state index in [9.17, 15) is 27.6 Å². The monoisotopic (exact) mass is 666 g/mol. The normalized spacial score (nSPS) is 12.7. The smallest absolute Gasteiger partial charge is 0.418 e. The van der Waals surface area contributed by atoms with Crippen molar-refractivity contribution in [3.63, 3.8) is 0 Å². The number of nitrogens with zero attached hydrogens (tertiary/aromatic N) is 3. The highest BCUT2D eigenvalue weighted by Crippen LogP contribution is 2.34. The molecule has 38 heavy (non-hydrogen) atoms. The van der Waals surface area contributed by atoms with Crippen molar-refractivity contribution in [1.82, 2.24) is 19.7 Å². The third-order valence-electron chi connectivity index (χ3n) is 5.24. The summed E-state index contributed by atoms with van der Waals surface area (Å²) in [5, 5.41) is 7.25. The van der Waals surface area contributed by atoms with Crippen molar-refractivity contribution in [2.24, 2.45) is 0 Å². The fraction of sp³-hybridized carbons (Fsp3) is 0.333. The number of hydrogen-bond donors (Lipinski definition) is 2. The van der Waals surface area contributed by atoms with E-state index in [0.29, 0.717) is 16.4 Å². The van der Waals surface area contributed by atoms with E-state index in [1.165, 1.54) is 22.8 Å². The largest absolute Gasteiger partial charge is 0.511 e. The Morgan fingerprint density at radius 3 is 2.37 bits per heavy atom. The van der Waals surface area contributed by atoms with E-state index in [1.807, 2.05) is 13.8 Å². The highest BCUT2D eigenvalue weighted by molar-refractivity contribution is 14.1. The molecule has 0 aliphatic rings. The van der Waals surface area contributed by atoms with Gasteiger partial charge in [0.05, 0.1) is 11.6 Å². The number of carbonyl (C=O) groups is 2. The van der Waals surface area contributed by atoms with E-state index in [-0.39, 0.29) is 15.5 Å². The van der Waals surface area contributed by atoms with Crippen LogP contribution in [-0.4, -0.2) is 36.4 Å². The Labute approximate surface area is 234 Å². The average Bonchev–Trinajstić information content (AvgIpc) is 3.10. The number of hydrogen-bond acceptors (Lipinski definition) is 5. The molecule has 204 valence electrons. The van der Waals surface area contributed by atoms with Gasteiger partial charge in [-0.15, -0.1) is 5.10 Å². The molecule has 0 aliphatic heterocycles. The van der Waals surface area contributed by atoms with Gasteiger partial charge in [-0.05, 0) is 49.7 Å². The second kappa shape index (κ2) is 11.9. The number of rotatable bonds is 9. The van der Waals surface area contributed by atoms with Crippen LogP contribution >= 0.6 is 34.2 Å². The fourth-order valence-corrected chi connectivity index (χ4v) is 4.16. The number of aromatic nitrogens is 3. The standard InChI is InChI=1S/C24H24ClF3IN5O4/c1-23(2,29)13-33-20(14-7-9-15(25)10-8-14)32-34(22(33)37)11-19(35)31-18(12-38-21(30)36)16-5-3-4-6-17(16)24(26,27)28/h3-10,18H,11-13H2,1-2H3,(H2,30,36)(H,31,35)/p+1. The summed E-state index contributed by atoms with van der Waals surface area (Å²) in [4.78, 5) is 37.4. The maximum Gasteiger partial charge on any atom is 0.511 e. The summed E-state index contributed by atoms with van der Waals surface area (Å²) < 4.78 is 47.7. The average molecular weight is 667 g/mol. The molecule has 14 heteroatoms. The van der Waals surface area contributed by atoms with Crippen molar-refractivity contribution >= 4 is 46.2 Å². The predicted molar refractivity (Wildman–Crippen MR) is 142 cm³/mol. The molecule has 0 aliphatic carbocycles. The Morgan fingerprint density at radius 1 is 1.16 bits per heavy atom. The summed E-state index contributed by atoms with van der Waals surface area (Å²) in [5.74, 6) is -0.510. The van der Waals surface area contributed by atoms with Crippen LogP contribution in [0.25, 0.3) is 11.4 Å². The Balaban J connectivity index is 1.95. The topological polar surface area (TPSA) is 123 Å². The number of benzene rings is 2. The summed E-state index contributed by atoms with van der Waals surface area (Å²) in [7, 11) is 0. The van der Waals surface area contributed by atoms with Gasteiger partial charge in [0.25, 0.3) is 0 Å². The number of nitrogens with one attached hydrogen (secondary N) is 1. The van der Waals surface area contributed by atoms with Crippen LogP contribution in [0.3, 0.4) is 0 Å². The van der Waals surface area contributed by atoms with Crippen LogP contribution in [0.1, 0.15) is 31.0 Å². The van der Waals surface area contributed by atoms with Gasteiger partial charge in [-0.3, -0.25) is 15.1 Å². The minimum absolute atomic E-state index is 0.271. The summed E-state index contributed by atoms with van der Waals surface area (Å²) in [6.07, 6.45) is -5.69. The van der Waals surface area contributed by atoms with Crippen molar-refractivity contribution in [3.05, 3.63) is 75.2 Å². The number of ether oxygens (including phenoxy) is 1. The molecule has 0 spiro atoms. The van der Waals surface area contributed by atoms with Gasteiger partial charge in [-0.25, -0.2) is 9.48 Å². The molecule has 1 aromatic heterocycles. The van der Waals surface area contributed by atoms with Crippen molar-refractivity contribution in [2.75, 3.05) is 6.61 Å². The van der Waals surface area contributed by atoms with Gasteiger partial charge in [-0.2, -0.15) is 18.0 Å². The van der Waals surface area contributed by atoms with Crippen LogP contribution in [0.15, 0.2) is 53.3 Å². The van der Waals surface area contributed by atoms with Crippen LogP contribution in [-0.2, 0) is 28.8 Å². The van der Waals surface area contributed by atoms with Gasteiger partial charge in [-0.1, -0.05) is 52.4 Å². The molecular weight excluding hydrogens is 642 g/mol.